The number of rotatable bonds is 6. The van der Waals surface area contributed by atoms with Crippen LogP contribution in [0.15, 0.2) is 63.3 Å². The molecule has 0 aliphatic carbocycles. The normalized spacial score (nSPS) is 15.2. The summed E-state index contributed by atoms with van der Waals surface area (Å²) < 4.78 is 16.6. The van der Waals surface area contributed by atoms with E-state index in [0.29, 0.717) is 43.9 Å². The number of benzene rings is 1. The highest BCUT2D eigenvalue weighted by molar-refractivity contribution is 7.80. The molecule has 9 heteroatoms. The number of furan rings is 2. The van der Waals surface area contributed by atoms with Crippen LogP contribution in [0, 0.1) is 0 Å². The zero-order valence-electron chi connectivity index (χ0n) is 14.9. The van der Waals surface area contributed by atoms with Crippen LogP contribution in [0.25, 0.3) is 6.08 Å². The highest BCUT2D eigenvalue weighted by Gasteiger charge is 2.31. The molecule has 1 saturated heterocycles. The molecule has 3 heterocycles. The van der Waals surface area contributed by atoms with Gasteiger partial charge >= 0.3 is 0 Å². The summed E-state index contributed by atoms with van der Waals surface area (Å²) in [6.07, 6.45) is 3.14. The van der Waals surface area contributed by atoms with Crippen molar-refractivity contribution >= 4 is 52.5 Å². The lowest BCUT2D eigenvalue weighted by atomic mass is 10.3. The van der Waals surface area contributed by atoms with E-state index < -0.39 is 0 Å². The molecule has 0 atom stereocenters. The van der Waals surface area contributed by atoms with Crippen LogP contribution in [0.3, 0.4) is 0 Å². The van der Waals surface area contributed by atoms with Gasteiger partial charge in [-0.2, -0.15) is 0 Å². The summed E-state index contributed by atoms with van der Waals surface area (Å²) in [6.45, 7) is 0.417. The van der Waals surface area contributed by atoms with Gasteiger partial charge in [0.25, 0.3) is 5.91 Å². The number of ether oxygens (including phenoxy) is 1. The number of nitrogens with one attached hydrogen (secondary N) is 1. The maximum atomic E-state index is 12.6. The molecule has 0 bridgehead atoms. The number of thiocarbonyl (C=S) groups is 1. The van der Waals surface area contributed by atoms with Crippen molar-refractivity contribution in [1.82, 2.24) is 10.2 Å². The number of hydrogen-bond donors (Lipinski definition) is 1. The molecule has 0 saturated carbocycles. The Balaban J connectivity index is 1.43. The Bertz CT molecular complexity index is 1090. The largest absolute Gasteiger partial charge is 0.484 e. The molecule has 1 aliphatic heterocycles. The number of nitrogens with zero attached hydrogens (tertiary/aromatic N) is 1. The predicted molar refractivity (Wildman–Crippen MR) is 112 cm³/mol. The molecule has 6 nitrogen and oxygen atoms in total. The van der Waals surface area contributed by atoms with E-state index in [9.17, 15) is 4.79 Å². The molecular weight excluding hydrogens is 435 g/mol. The van der Waals surface area contributed by atoms with Crippen molar-refractivity contribution < 1.29 is 18.4 Å². The maximum absolute atomic E-state index is 12.6. The summed E-state index contributed by atoms with van der Waals surface area (Å²) in [5, 5.41) is 3.96. The first-order valence-corrected chi connectivity index (χ1v) is 9.70. The van der Waals surface area contributed by atoms with Crippen LogP contribution in [-0.2, 0) is 17.9 Å². The molecule has 1 fully saturated rings. The number of carbonyl (C=O) groups is 1. The first-order chi connectivity index (χ1) is 14.0. The maximum Gasteiger partial charge on any atom is 0.277 e. The molecule has 4 rings (SSSR count). The Labute approximate surface area is 181 Å². The number of amides is 1. The fourth-order valence-electron chi connectivity index (χ4n) is 2.71. The topological polar surface area (TPSA) is 67.8 Å². The molecule has 1 aromatic carbocycles. The summed E-state index contributed by atoms with van der Waals surface area (Å²) in [7, 11) is 0. The van der Waals surface area contributed by atoms with Crippen LogP contribution < -0.4 is 10.1 Å². The van der Waals surface area contributed by atoms with E-state index in [0.717, 1.165) is 0 Å². The minimum Gasteiger partial charge on any atom is -0.484 e. The smallest absolute Gasteiger partial charge is 0.277 e. The van der Waals surface area contributed by atoms with Crippen molar-refractivity contribution in [3.05, 3.63) is 81.8 Å². The van der Waals surface area contributed by atoms with Gasteiger partial charge in [0.2, 0.25) is 0 Å². The van der Waals surface area contributed by atoms with Gasteiger partial charge in [0.15, 0.2) is 5.11 Å². The van der Waals surface area contributed by atoms with Gasteiger partial charge in [0, 0.05) is 6.08 Å². The molecule has 2 aromatic heterocycles. The van der Waals surface area contributed by atoms with Crippen molar-refractivity contribution in [1.29, 1.82) is 0 Å². The van der Waals surface area contributed by atoms with Crippen molar-refractivity contribution in [2.45, 2.75) is 13.2 Å². The SMILES string of the molecule is O=C1/C(=C\c2ccc(COc3cccc(Cl)c3Cl)o2)NC(=S)N1Cc1ccco1. The summed E-state index contributed by atoms with van der Waals surface area (Å²) in [4.78, 5) is 14.0. The van der Waals surface area contributed by atoms with E-state index in [2.05, 4.69) is 5.32 Å². The fourth-order valence-corrected chi connectivity index (χ4v) is 3.31. The fraction of sp³-hybridized carbons (Fsp3) is 0.100. The lowest BCUT2D eigenvalue weighted by Gasteiger charge is -2.11. The van der Waals surface area contributed by atoms with Gasteiger partial charge in [-0.05, 0) is 48.6 Å². The third-order valence-corrected chi connectivity index (χ3v) is 5.24. The summed E-state index contributed by atoms with van der Waals surface area (Å²) in [5.74, 6) is 1.89. The number of hydrogen-bond acceptors (Lipinski definition) is 5. The minimum absolute atomic E-state index is 0.160. The molecule has 0 spiro atoms. The lowest BCUT2D eigenvalue weighted by molar-refractivity contribution is -0.122. The molecule has 148 valence electrons. The van der Waals surface area contributed by atoms with E-state index in [1.54, 1.807) is 54.8 Å². The van der Waals surface area contributed by atoms with E-state index >= 15 is 0 Å². The van der Waals surface area contributed by atoms with E-state index in [4.69, 9.17) is 49.0 Å². The zero-order chi connectivity index (χ0) is 20.4. The monoisotopic (exact) mass is 448 g/mol. The lowest BCUT2D eigenvalue weighted by Crippen LogP contribution is -2.29. The molecule has 3 aromatic rings. The number of halogens is 2. The van der Waals surface area contributed by atoms with Crippen molar-refractivity contribution in [3.8, 4) is 5.75 Å². The van der Waals surface area contributed by atoms with Crippen LogP contribution in [0.5, 0.6) is 5.75 Å². The van der Waals surface area contributed by atoms with Crippen molar-refractivity contribution in [3.63, 3.8) is 0 Å². The van der Waals surface area contributed by atoms with Crippen LogP contribution in [0.1, 0.15) is 17.3 Å². The summed E-state index contributed by atoms with van der Waals surface area (Å²) in [5.41, 5.74) is 0.321. The number of carbonyl (C=O) groups excluding carboxylic acids is 1. The van der Waals surface area contributed by atoms with E-state index in [1.807, 2.05) is 0 Å². The molecule has 1 N–H and O–H groups in total. The summed E-state index contributed by atoms with van der Waals surface area (Å²) >= 11 is 17.3. The Morgan fingerprint density at radius 2 is 2.00 bits per heavy atom. The molecule has 0 unspecified atom stereocenters. The quantitative estimate of drug-likeness (QED) is 0.421. The minimum atomic E-state index is -0.258. The molecule has 1 amide bonds. The molecule has 29 heavy (non-hydrogen) atoms. The highest BCUT2D eigenvalue weighted by atomic mass is 35.5. The zero-order valence-corrected chi connectivity index (χ0v) is 17.2. The van der Waals surface area contributed by atoms with Gasteiger partial charge < -0.3 is 18.9 Å². The Hall–Kier alpha value is -2.74. The van der Waals surface area contributed by atoms with Crippen LogP contribution in [0.2, 0.25) is 10.0 Å². The van der Waals surface area contributed by atoms with Crippen LogP contribution in [0.4, 0.5) is 0 Å². The molecule has 0 radical (unpaired) electrons. The average Bonchev–Trinajstić information content (AvgIpc) is 3.42. The predicted octanol–water partition coefficient (Wildman–Crippen LogP) is 5.02. The van der Waals surface area contributed by atoms with Gasteiger partial charge in [-0.3, -0.25) is 9.69 Å². The van der Waals surface area contributed by atoms with Gasteiger partial charge in [0.1, 0.15) is 40.4 Å². The Kier molecular flexibility index (Phi) is 5.62. The van der Waals surface area contributed by atoms with E-state index in [-0.39, 0.29) is 19.1 Å². The average molecular weight is 449 g/mol. The third kappa shape index (κ3) is 4.32. The van der Waals surface area contributed by atoms with E-state index in [1.165, 1.54) is 4.90 Å². The van der Waals surface area contributed by atoms with Crippen LogP contribution in [-0.4, -0.2) is 15.9 Å². The van der Waals surface area contributed by atoms with Gasteiger partial charge in [-0.1, -0.05) is 29.3 Å². The third-order valence-electron chi connectivity index (χ3n) is 4.11. The second kappa shape index (κ2) is 8.32. The Morgan fingerprint density at radius 3 is 2.79 bits per heavy atom. The molecular formula is C20H14Cl2N2O4S. The molecule has 1 aliphatic rings. The highest BCUT2D eigenvalue weighted by Crippen LogP contribution is 2.32. The standard InChI is InChI=1S/C20H14Cl2N2O4S/c21-15-4-1-5-17(18(15)22)27-11-14-7-6-12(28-14)9-16-19(25)24(20(29)23-16)10-13-3-2-8-26-13/h1-9H,10-11H2,(H,23,29)/b16-9+. The summed E-state index contributed by atoms with van der Waals surface area (Å²) in [6, 6.07) is 12.2. The van der Waals surface area contributed by atoms with Crippen molar-refractivity contribution in [2.24, 2.45) is 0 Å². The Morgan fingerprint density at radius 1 is 1.14 bits per heavy atom. The van der Waals surface area contributed by atoms with Crippen LogP contribution >= 0.6 is 35.4 Å². The van der Waals surface area contributed by atoms with Gasteiger partial charge in [-0.25, -0.2) is 0 Å². The van der Waals surface area contributed by atoms with Gasteiger partial charge in [0.05, 0.1) is 17.8 Å². The second-order valence-corrected chi connectivity index (χ2v) is 7.28. The first-order valence-electron chi connectivity index (χ1n) is 8.54. The van der Waals surface area contributed by atoms with Gasteiger partial charge in [-0.15, -0.1) is 0 Å². The first kappa shape index (κ1) is 19.6. The second-order valence-electron chi connectivity index (χ2n) is 6.10. The van der Waals surface area contributed by atoms with Crippen molar-refractivity contribution in [2.75, 3.05) is 0 Å².